The minimum Gasteiger partial charge on any atom is -0.497 e. The molecule has 0 fully saturated rings. The van der Waals surface area contributed by atoms with Crippen LogP contribution in [0.4, 0.5) is 5.13 Å². The van der Waals surface area contributed by atoms with E-state index >= 15 is 0 Å². The van der Waals surface area contributed by atoms with Crippen molar-refractivity contribution in [2.75, 3.05) is 19.5 Å². The predicted molar refractivity (Wildman–Crippen MR) is 96.8 cm³/mol. The van der Waals surface area contributed by atoms with E-state index in [0.717, 1.165) is 27.3 Å². The Labute approximate surface area is 143 Å². The Morgan fingerprint density at radius 3 is 2.71 bits per heavy atom. The number of aromatic nitrogens is 1. The third-order valence-electron chi connectivity index (χ3n) is 3.35. The zero-order chi connectivity index (χ0) is 16.9. The van der Waals surface area contributed by atoms with E-state index in [9.17, 15) is 4.79 Å². The first-order valence-electron chi connectivity index (χ1n) is 7.25. The van der Waals surface area contributed by atoms with Crippen LogP contribution in [0.5, 0.6) is 11.5 Å². The number of carbonyl (C=O) groups is 1. The van der Waals surface area contributed by atoms with Gasteiger partial charge in [-0.25, -0.2) is 4.98 Å². The minimum atomic E-state index is -0.233. The van der Waals surface area contributed by atoms with E-state index in [4.69, 9.17) is 9.47 Å². The molecule has 5 nitrogen and oxygen atoms in total. The molecule has 1 amide bonds. The van der Waals surface area contributed by atoms with Gasteiger partial charge in [0, 0.05) is 6.08 Å². The summed E-state index contributed by atoms with van der Waals surface area (Å²) in [7, 11) is 3.23. The Morgan fingerprint density at radius 2 is 1.92 bits per heavy atom. The van der Waals surface area contributed by atoms with E-state index in [1.54, 1.807) is 20.3 Å². The van der Waals surface area contributed by atoms with Crippen molar-refractivity contribution < 1.29 is 14.3 Å². The van der Waals surface area contributed by atoms with Crippen molar-refractivity contribution >= 4 is 38.7 Å². The van der Waals surface area contributed by atoms with Gasteiger partial charge < -0.3 is 9.47 Å². The molecule has 0 aliphatic carbocycles. The maximum absolute atomic E-state index is 12.1. The zero-order valence-corrected chi connectivity index (χ0v) is 14.1. The normalized spacial score (nSPS) is 10.9. The maximum Gasteiger partial charge on any atom is 0.250 e. The molecule has 24 heavy (non-hydrogen) atoms. The van der Waals surface area contributed by atoms with Gasteiger partial charge in [-0.1, -0.05) is 23.5 Å². The van der Waals surface area contributed by atoms with Crippen LogP contribution in [0.25, 0.3) is 16.3 Å². The van der Waals surface area contributed by atoms with Crippen molar-refractivity contribution in [1.29, 1.82) is 0 Å². The first kappa shape index (κ1) is 16.0. The lowest BCUT2D eigenvalue weighted by molar-refractivity contribution is -0.111. The molecule has 1 N–H and O–H groups in total. The third-order valence-corrected chi connectivity index (χ3v) is 4.28. The standard InChI is InChI=1S/C18H16N2O3S/c1-22-13-5-3-4-12(10-13)6-9-17(21)20-18-19-15-8-7-14(23-2)11-16(15)24-18/h3-11H,1-2H3,(H,19,20,21)/b9-6+. The second-order valence-corrected chi connectivity index (χ2v) is 5.98. The Kier molecular flexibility index (Phi) is 4.77. The van der Waals surface area contributed by atoms with Gasteiger partial charge in [0.15, 0.2) is 5.13 Å². The molecule has 0 aliphatic heterocycles. The van der Waals surface area contributed by atoms with Gasteiger partial charge in [0.25, 0.3) is 0 Å². The predicted octanol–water partition coefficient (Wildman–Crippen LogP) is 3.97. The molecule has 0 spiro atoms. The molecular formula is C18H16N2O3S. The largest absolute Gasteiger partial charge is 0.497 e. The van der Waals surface area contributed by atoms with E-state index in [1.165, 1.54) is 17.4 Å². The number of rotatable bonds is 5. The van der Waals surface area contributed by atoms with E-state index in [2.05, 4.69) is 10.3 Å². The van der Waals surface area contributed by atoms with Crippen molar-refractivity contribution in [2.24, 2.45) is 0 Å². The molecule has 2 aromatic carbocycles. The number of methoxy groups -OCH3 is 2. The monoisotopic (exact) mass is 340 g/mol. The fourth-order valence-corrected chi connectivity index (χ4v) is 3.05. The van der Waals surface area contributed by atoms with Crippen molar-refractivity contribution in [3.63, 3.8) is 0 Å². The summed E-state index contributed by atoms with van der Waals surface area (Å²) in [6.45, 7) is 0. The van der Waals surface area contributed by atoms with Crippen molar-refractivity contribution in [2.45, 2.75) is 0 Å². The highest BCUT2D eigenvalue weighted by molar-refractivity contribution is 7.22. The van der Waals surface area contributed by atoms with Crippen LogP contribution in [0.1, 0.15) is 5.56 Å². The lowest BCUT2D eigenvalue weighted by Gasteiger charge is -2.00. The number of ether oxygens (including phenoxy) is 2. The molecular weight excluding hydrogens is 324 g/mol. The summed E-state index contributed by atoms with van der Waals surface area (Å²) in [5.74, 6) is 1.28. The molecule has 1 heterocycles. The average molecular weight is 340 g/mol. The number of nitrogens with one attached hydrogen (secondary N) is 1. The van der Waals surface area contributed by atoms with Crippen LogP contribution in [0.3, 0.4) is 0 Å². The van der Waals surface area contributed by atoms with E-state index < -0.39 is 0 Å². The van der Waals surface area contributed by atoms with Crippen molar-refractivity contribution in [1.82, 2.24) is 4.98 Å². The quantitative estimate of drug-likeness (QED) is 0.714. The average Bonchev–Trinajstić information content (AvgIpc) is 3.01. The third kappa shape index (κ3) is 3.72. The molecule has 0 bridgehead atoms. The fourth-order valence-electron chi connectivity index (χ4n) is 2.15. The van der Waals surface area contributed by atoms with Crippen LogP contribution in [0, 0.1) is 0 Å². The van der Waals surface area contributed by atoms with E-state index in [1.807, 2.05) is 42.5 Å². The van der Waals surface area contributed by atoms with E-state index in [0.29, 0.717) is 5.13 Å². The molecule has 0 radical (unpaired) electrons. The lowest BCUT2D eigenvalue weighted by atomic mass is 10.2. The second kappa shape index (κ2) is 7.14. The van der Waals surface area contributed by atoms with Crippen LogP contribution in [-0.2, 0) is 4.79 Å². The summed E-state index contributed by atoms with van der Waals surface area (Å²) < 4.78 is 11.3. The molecule has 0 atom stereocenters. The number of fused-ring (bicyclic) bond motifs is 1. The molecule has 3 aromatic rings. The minimum absolute atomic E-state index is 0.233. The van der Waals surface area contributed by atoms with Gasteiger partial charge in [-0.2, -0.15) is 0 Å². The van der Waals surface area contributed by atoms with Crippen molar-refractivity contribution in [3.8, 4) is 11.5 Å². The Balaban J connectivity index is 1.71. The van der Waals surface area contributed by atoms with Gasteiger partial charge >= 0.3 is 0 Å². The number of anilines is 1. The lowest BCUT2D eigenvalue weighted by Crippen LogP contribution is -2.07. The Hall–Kier alpha value is -2.86. The number of benzene rings is 2. The molecule has 0 aliphatic rings. The highest BCUT2D eigenvalue weighted by Crippen LogP contribution is 2.29. The van der Waals surface area contributed by atoms with Gasteiger partial charge in [-0.05, 0) is 42.0 Å². The molecule has 6 heteroatoms. The molecule has 0 saturated carbocycles. The summed E-state index contributed by atoms with van der Waals surface area (Å²) in [4.78, 5) is 16.4. The molecule has 0 unspecified atom stereocenters. The summed E-state index contributed by atoms with van der Waals surface area (Å²) in [5, 5.41) is 3.33. The number of hydrogen-bond donors (Lipinski definition) is 1. The molecule has 122 valence electrons. The summed E-state index contributed by atoms with van der Waals surface area (Å²) in [5.41, 5.74) is 1.71. The Bertz CT molecular complexity index is 902. The van der Waals surface area contributed by atoms with E-state index in [-0.39, 0.29) is 5.91 Å². The first-order chi connectivity index (χ1) is 11.7. The highest BCUT2D eigenvalue weighted by atomic mass is 32.1. The van der Waals surface area contributed by atoms with Gasteiger partial charge in [0.1, 0.15) is 11.5 Å². The van der Waals surface area contributed by atoms with Gasteiger partial charge in [-0.3, -0.25) is 10.1 Å². The van der Waals surface area contributed by atoms with Crippen LogP contribution in [0.15, 0.2) is 48.5 Å². The first-order valence-corrected chi connectivity index (χ1v) is 8.07. The smallest absolute Gasteiger partial charge is 0.250 e. The number of nitrogens with zero attached hydrogens (tertiary/aromatic N) is 1. The second-order valence-electron chi connectivity index (χ2n) is 4.95. The summed E-state index contributed by atoms with van der Waals surface area (Å²) in [6, 6.07) is 13.1. The molecule has 0 saturated heterocycles. The van der Waals surface area contributed by atoms with Gasteiger partial charge in [-0.15, -0.1) is 0 Å². The number of amides is 1. The zero-order valence-electron chi connectivity index (χ0n) is 13.3. The summed E-state index contributed by atoms with van der Waals surface area (Å²) in [6.07, 6.45) is 3.20. The van der Waals surface area contributed by atoms with Crippen LogP contribution in [0.2, 0.25) is 0 Å². The summed E-state index contributed by atoms with van der Waals surface area (Å²) >= 11 is 1.41. The van der Waals surface area contributed by atoms with Crippen LogP contribution in [-0.4, -0.2) is 25.1 Å². The molecule has 1 aromatic heterocycles. The molecule has 3 rings (SSSR count). The van der Waals surface area contributed by atoms with Crippen LogP contribution >= 0.6 is 11.3 Å². The van der Waals surface area contributed by atoms with Gasteiger partial charge in [0.05, 0.1) is 24.4 Å². The number of thiazole rings is 1. The SMILES string of the molecule is COc1cccc(/C=C/C(=O)Nc2nc3ccc(OC)cc3s2)c1. The highest BCUT2D eigenvalue weighted by Gasteiger charge is 2.07. The topological polar surface area (TPSA) is 60.5 Å². The van der Waals surface area contributed by atoms with Gasteiger partial charge in [0.2, 0.25) is 5.91 Å². The fraction of sp³-hybridized carbons (Fsp3) is 0.111. The maximum atomic E-state index is 12.1. The van der Waals surface area contributed by atoms with Crippen molar-refractivity contribution in [3.05, 3.63) is 54.1 Å². The number of hydrogen-bond acceptors (Lipinski definition) is 5. The Morgan fingerprint density at radius 1 is 1.12 bits per heavy atom. The number of carbonyl (C=O) groups excluding carboxylic acids is 1. The van der Waals surface area contributed by atoms with Crippen LogP contribution < -0.4 is 14.8 Å².